The van der Waals surface area contributed by atoms with Crippen molar-refractivity contribution in [1.82, 2.24) is 4.98 Å². The minimum Gasteiger partial charge on any atom is -0.507 e. The highest BCUT2D eigenvalue weighted by atomic mass is 35.5. The number of Topliss-reactive ketones (excluding diaryl/α,β-unsaturated/α-hetero) is 1. The standard InChI is InChI=1S/C20H12Cl2N2O3S/c21-12-7-5-11(6-8-12)16-15(17(25)13-3-1-2-4-14(13)22)18(26)19(27)24(16)20-23-9-10-28-20/h1-10,16,25H/b17-15-. The summed E-state index contributed by atoms with van der Waals surface area (Å²) in [6.45, 7) is 0. The number of halogens is 2. The molecule has 5 nitrogen and oxygen atoms in total. The molecule has 4 rings (SSSR count). The van der Waals surface area contributed by atoms with Crippen LogP contribution in [0.3, 0.4) is 0 Å². The number of aliphatic hydroxyl groups is 1. The zero-order valence-corrected chi connectivity index (χ0v) is 16.5. The minimum absolute atomic E-state index is 0.0457. The van der Waals surface area contributed by atoms with Crippen molar-refractivity contribution in [3.05, 3.63) is 86.9 Å². The number of ketones is 1. The number of amides is 1. The average molecular weight is 431 g/mol. The number of nitrogens with zero attached hydrogens (tertiary/aromatic N) is 2. The molecule has 2 aromatic carbocycles. The number of hydrogen-bond acceptors (Lipinski definition) is 5. The molecular formula is C20H12Cl2N2O3S. The first-order valence-electron chi connectivity index (χ1n) is 8.20. The van der Waals surface area contributed by atoms with E-state index < -0.39 is 17.7 Å². The summed E-state index contributed by atoms with van der Waals surface area (Å²) in [5.41, 5.74) is 0.850. The van der Waals surface area contributed by atoms with Gasteiger partial charge in [0.1, 0.15) is 5.76 Å². The van der Waals surface area contributed by atoms with Crippen molar-refractivity contribution >= 4 is 57.1 Å². The summed E-state index contributed by atoms with van der Waals surface area (Å²) < 4.78 is 0. The Labute approximate surface area is 174 Å². The second kappa shape index (κ2) is 7.39. The van der Waals surface area contributed by atoms with E-state index in [4.69, 9.17) is 23.2 Å². The van der Waals surface area contributed by atoms with Crippen LogP contribution in [0.25, 0.3) is 5.76 Å². The topological polar surface area (TPSA) is 70.5 Å². The van der Waals surface area contributed by atoms with Crippen molar-refractivity contribution in [3.8, 4) is 0 Å². The molecule has 1 aromatic heterocycles. The fourth-order valence-corrected chi connectivity index (χ4v) is 4.14. The maximum absolute atomic E-state index is 12.9. The molecule has 1 unspecified atom stereocenters. The number of anilines is 1. The minimum atomic E-state index is -0.848. The second-order valence-electron chi connectivity index (χ2n) is 6.02. The van der Waals surface area contributed by atoms with Gasteiger partial charge in [0.2, 0.25) is 0 Å². The predicted octanol–water partition coefficient (Wildman–Crippen LogP) is 5.08. The number of thiazole rings is 1. The molecule has 3 aromatic rings. The molecule has 28 heavy (non-hydrogen) atoms. The highest BCUT2D eigenvalue weighted by Crippen LogP contribution is 2.43. The number of benzene rings is 2. The molecule has 0 saturated carbocycles. The molecular weight excluding hydrogens is 419 g/mol. The van der Waals surface area contributed by atoms with E-state index in [-0.39, 0.29) is 21.9 Å². The van der Waals surface area contributed by atoms with Gasteiger partial charge in [0.15, 0.2) is 5.13 Å². The van der Waals surface area contributed by atoms with E-state index in [1.165, 1.54) is 16.2 Å². The lowest BCUT2D eigenvalue weighted by Gasteiger charge is -2.23. The van der Waals surface area contributed by atoms with Crippen LogP contribution in [-0.4, -0.2) is 21.8 Å². The lowest BCUT2D eigenvalue weighted by atomic mass is 9.95. The van der Waals surface area contributed by atoms with E-state index in [0.717, 1.165) is 0 Å². The van der Waals surface area contributed by atoms with Crippen LogP contribution < -0.4 is 4.90 Å². The molecule has 8 heteroatoms. The second-order valence-corrected chi connectivity index (χ2v) is 7.73. The van der Waals surface area contributed by atoms with Crippen molar-refractivity contribution in [1.29, 1.82) is 0 Å². The number of hydrogen-bond donors (Lipinski definition) is 1. The van der Waals surface area contributed by atoms with Crippen LogP contribution in [0, 0.1) is 0 Å². The number of carbonyl (C=O) groups excluding carboxylic acids is 2. The molecule has 1 amide bonds. The van der Waals surface area contributed by atoms with E-state index in [2.05, 4.69) is 4.98 Å². The van der Waals surface area contributed by atoms with Crippen LogP contribution >= 0.6 is 34.5 Å². The zero-order chi connectivity index (χ0) is 19.8. The summed E-state index contributed by atoms with van der Waals surface area (Å²) in [7, 11) is 0. The fraction of sp³-hybridized carbons (Fsp3) is 0.0500. The third kappa shape index (κ3) is 3.09. The van der Waals surface area contributed by atoms with Gasteiger partial charge >= 0.3 is 5.91 Å². The van der Waals surface area contributed by atoms with Gasteiger partial charge in [-0.3, -0.25) is 14.5 Å². The zero-order valence-electron chi connectivity index (χ0n) is 14.2. The number of carbonyl (C=O) groups is 2. The van der Waals surface area contributed by atoms with E-state index in [9.17, 15) is 14.7 Å². The maximum Gasteiger partial charge on any atom is 0.301 e. The van der Waals surface area contributed by atoms with Gasteiger partial charge in [-0.15, -0.1) is 11.3 Å². The Morgan fingerprint density at radius 1 is 1.07 bits per heavy atom. The van der Waals surface area contributed by atoms with Crippen LogP contribution in [0.15, 0.2) is 65.7 Å². The van der Waals surface area contributed by atoms with Crippen molar-refractivity contribution < 1.29 is 14.7 Å². The van der Waals surface area contributed by atoms with Crippen LogP contribution in [0.5, 0.6) is 0 Å². The molecule has 1 N–H and O–H groups in total. The summed E-state index contributed by atoms with van der Waals surface area (Å²) in [5.74, 6) is -1.89. The van der Waals surface area contributed by atoms with Crippen LogP contribution in [-0.2, 0) is 9.59 Å². The SMILES string of the molecule is O=C1C(=O)N(c2nccs2)C(c2ccc(Cl)cc2)/C1=C(/O)c1ccccc1Cl. The van der Waals surface area contributed by atoms with Crippen molar-refractivity contribution in [2.24, 2.45) is 0 Å². The molecule has 1 saturated heterocycles. The Morgan fingerprint density at radius 3 is 2.43 bits per heavy atom. The van der Waals surface area contributed by atoms with Gasteiger partial charge in [0, 0.05) is 22.2 Å². The highest BCUT2D eigenvalue weighted by Gasteiger charge is 2.48. The first kappa shape index (κ1) is 18.7. The Balaban J connectivity index is 1.96. The molecule has 140 valence electrons. The highest BCUT2D eigenvalue weighted by molar-refractivity contribution is 7.14. The van der Waals surface area contributed by atoms with Gasteiger partial charge in [-0.05, 0) is 29.8 Å². The first-order chi connectivity index (χ1) is 13.5. The summed E-state index contributed by atoms with van der Waals surface area (Å²) in [6.07, 6.45) is 1.55. The van der Waals surface area contributed by atoms with Crippen molar-refractivity contribution in [2.45, 2.75) is 6.04 Å². The lowest BCUT2D eigenvalue weighted by molar-refractivity contribution is -0.132. The normalized spacial score (nSPS) is 18.6. The largest absolute Gasteiger partial charge is 0.507 e. The van der Waals surface area contributed by atoms with Gasteiger partial charge < -0.3 is 5.11 Å². The number of aliphatic hydroxyl groups excluding tert-OH is 1. The van der Waals surface area contributed by atoms with Gasteiger partial charge in [-0.1, -0.05) is 47.5 Å². The Hall–Kier alpha value is -2.67. The third-order valence-electron chi connectivity index (χ3n) is 4.38. The molecule has 2 heterocycles. The van der Waals surface area contributed by atoms with E-state index in [1.54, 1.807) is 60.1 Å². The molecule has 1 aliphatic heterocycles. The first-order valence-corrected chi connectivity index (χ1v) is 9.83. The summed E-state index contributed by atoms with van der Waals surface area (Å²) in [4.78, 5) is 31.2. The molecule has 0 bridgehead atoms. The van der Waals surface area contributed by atoms with Crippen molar-refractivity contribution in [2.75, 3.05) is 4.90 Å². The molecule has 0 aliphatic carbocycles. The van der Waals surface area contributed by atoms with Crippen LogP contribution in [0.4, 0.5) is 5.13 Å². The van der Waals surface area contributed by atoms with Gasteiger partial charge in [0.25, 0.3) is 5.78 Å². The summed E-state index contributed by atoms with van der Waals surface area (Å²) in [6, 6.07) is 12.5. The molecule has 0 radical (unpaired) electrons. The quantitative estimate of drug-likeness (QED) is 0.357. The molecule has 1 aliphatic rings. The van der Waals surface area contributed by atoms with Gasteiger partial charge in [0.05, 0.1) is 16.6 Å². The summed E-state index contributed by atoms with van der Waals surface area (Å²) in [5, 5.41) is 13.8. The van der Waals surface area contributed by atoms with E-state index >= 15 is 0 Å². The molecule has 1 atom stereocenters. The lowest BCUT2D eigenvalue weighted by Crippen LogP contribution is -2.29. The number of rotatable bonds is 3. The van der Waals surface area contributed by atoms with Crippen molar-refractivity contribution in [3.63, 3.8) is 0 Å². The fourth-order valence-electron chi connectivity index (χ4n) is 3.12. The average Bonchev–Trinajstić information content (AvgIpc) is 3.30. The molecule has 1 fully saturated rings. The summed E-state index contributed by atoms with van der Waals surface area (Å²) >= 11 is 13.4. The van der Waals surface area contributed by atoms with Crippen LogP contribution in [0.1, 0.15) is 17.2 Å². The third-order valence-corrected chi connectivity index (χ3v) is 5.74. The number of aromatic nitrogens is 1. The smallest absolute Gasteiger partial charge is 0.301 e. The van der Waals surface area contributed by atoms with E-state index in [1.807, 2.05) is 0 Å². The monoisotopic (exact) mass is 430 g/mol. The Kier molecular flexibility index (Phi) is 4.93. The van der Waals surface area contributed by atoms with E-state index in [0.29, 0.717) is 15.7 Å². The van der Waals surface area contributed by atoms with Gasteiger partial charge in [-0.2, -0.15) is 0 Å². The van der Waals surface area contributed by atoms with Crippen LogP contribution in [0.2, 0.25) is 10.0 Å². The molecule has 0 spiro atoms. The Morgan fingerprint density at radius 2 is 1.79 bits per heavy atom. The van der Waals surface area contributed by atoms with Gasteiger partial charge in [-0.25, -0.2) is 4.98 Å². The maximum atomic E-state index is 12.9. The Bertz CT molecular complexity index is 1090. The predicted molar refractivity (Wildman–Crippen MR) is 110 cm³/mol.